The predicted molar refractivity (Wildman–Crippen MR) is 107 cm³/mol. The number of aromatic nitrogens is 5. The van der Waals surface area contributed by atoms with Crippen LogP contribution in [0.3, 0.4) is 0 Å². The second-order valence-corrected chi connectivity index (χ2v) is 8.33. The van der Waals surface area contributed by atoms with Crippen LogP contribution in [0.15, 0.2) is 36.8 Å². The van der Waals surface area contributed by atoms with Gasteiger partial charge in [0.05, 0.1) is 36.9 Å². The fraction of sp³-hybridized carbons (Fsp3) is 0.381. The minimum absolute atomic E-state index is 0.0307. The summed E-state index contributed by atoms with van der Waals surface area (Å²) in [6, 6.07) is 5.24. The average molecular weight is 405 g/mol. The summed E-state index contributed by atoms with van der Waals surface area (Å²) in [7, 11) is 0. The maximum Gasteiger partial charge on any atom is 0.216 e. The minimum Gasteiger partial charge on any atom is -0.380 e. The summed E-state index contributed by atoms with van der Waals surface area (Å²) in [6.45, 7) is 5.96. The highest BCUT2D eigenvalue weighted by molar-refractivity contribution is 5.60. The van der Waals surface area contributed by atoms with E-state index in [0.29, 0.717) is 24.0 Å². The third-order valence-corrected chi connectivity index (χ3v) is 6.19. The molecule has 3 aliphatic heterocycles. The van der Waals surface area contributed by atoms with Crippen LogP contribution in [0.1, 0.15) is 24.2 Å². The fourth-order valence-electron chi connectivity index (χ4n) is 4.50. The Morgan fingerprint density at radius 2 is 1.87 bits per heavy atom. The molecule has 152 valence electrons. The van der Waals surface area contributed by atoms with Crippen LogP contribution in [0.25, 0.3) is 11.6 Å². The summed E-state index contributed by atoms with van der Waals surface area (Å²) in [5.74, 6) is 1.20. The summed E-state index contributed by atoms with van der Waals surface area (Å²) >= 11 is 0. The van der Waals surface area contributed by atoms with Crippen molar-refractivity contribution in [1.29, 1.82) is 0 Å². The quantitative estimate of drug-likeness (QED) is 0.615. The van der Waals surface area contributed by atoms with Gasteiger partial charge in [0.25, 0.3) is 0 Å². The highest BCUT2D eigenvalue weighted by atomic mass is 19.1. The number of fused-ring (bicyclic) bond motifs is 1. The number of anilines is 2. The molecular weight excluding hydrogens is 385 g/mol. The van der Waals surface area contributed by atoms with E-state index in [1.54, 1.807) is 18.5 Å². The molecule has 6 rings (SSSR count). The van der Waals surface area contributed by atoms with Crippen LogP contribution in [0.4, 0.5) is 15.9 Å². The van der Waals surface area contributed by atoms with Crippen LogP contribution in [-0.4, -0.2) is 51.2 Å². The molecule has 30 heavy (non-hydrogen) atoms. The van der Waals surface area contributed by atoms with Crippen LogP contribution in [0.5, 0.6) is 0 Å². The van der Waals surface area contributed by atoms with Crippen molar-refractivity contribution in [3.63, 3.8) is 0 Å². The summed E-state index contributed by atoms with van der Waals surface area (Å²) < 4.78 is 19.7. The molecule has 0 N–H and O–H groups in total. The van der Waals surface area contributed by atoms with E-state index in [1.165, 1.54) is 6.07 Å². The second-order valence-electron chi connectivity index (χ2n) is 8.33. The molecule has 0 radical (unpaired) electrons. The van der Waals surface area contributed by atoms with Crippen LogP contribution in [0.2, 0.25) is 0 Å². The van der Waals surface area contributed by atoms with Gasteiger partial charge in [-0.25, -0.2) is 24.9 Å². The summed E-state index contributed by atoms with van der Waals surface area (Å²) in [5, 5.41) is 0. The van der Waals surface area contributed by atoms with Crippen molar-refractivity contribution in [2.45, 2.75) is 19.5 Å². The van der Waals surface area contributed by atoms with E-state index in [-0.39, 0.29) is 11.5 Å². The first kappa shape index (κ1) is 17.6. The number of halogens is 1. The van der Waals surface area contributed by atoms with E-state index < -0.39 is 5.95 Å². The highest BCUT2D eigenvalue weighted by Crippen LogP contribution is 2.42. The molecule has 9 heteroatoms. The zero-order chi connectivity index (χ0) is 20.3. The largest absolute Gasteiger partial charge is 0.380 e. The number of rotatable bonds is 3. The third-order valence-electron chi connectivity index (χ3n) is 6.19. The van der Waals surface area contributed by atoms with E-state index in [0.717, 1.165) is 43.2 Å². The number of ether oxygens (including phenoxy) is 1. The van der Waals surface area contributed by atoms with E-state index in [9.17, 15) is 4.39 Å². The lowest BCUT2D eigenvalue weighted by Gasteiger charge is -2.55. The maximum atomic E-state index is 14.4. The number of hydrogen-bond acceptors (Lipinski definition) is 8. The lowest BCUT2D eigenvalue weighted by atomic mass is 9.78. The SMILES string of the molecule is CC1c2cnc(-c3ncccn3)nc2CN1c1cc(F)nc(N2CC3(COC3)C2)c1. The average Bonchev–Trinajstić information content (AvgIpc) is 3.02. The molecule has 0 aromatic carbocycles. The van der Waals surface area contributed by atoms with Gasteiger partial charge in [0.2, 0.25) is 5.95 Å². The molecule has 0 saturated carbocycles. The lowest BCUT2D eigenvalue weighted by molar-refractivity contribution is -0.127. The van der Waals surface area contributed by atoms with Crippen LogP contribution < -0.4 is 9.80 Å². The molecule has 0 amide bonds. The van der Waals surface area contributed by atoms with Crippen molar-refractivity contribution < 1.29 is 9.13 Å². The van der Waals surface area contributed by atoms with Crippen LogP contribution in [-0.2, 0) is 11.3 Å². The van der Waals surface area contributed by atoms with Crippen LogP contribution in [0, 0.1) is 11.4 Å². The van der Waals surface area contributed by atoms with Gasteiger partial charge in [-0.05, 0) is 13.0 Å². The van der Waals surface area contributed by atoms with Gasteiger partial charge in [0.1, 0.15) is 5.82 Å². The van der Waals surface area contributed by atoms with Crippen molar-refractivity contribution in [3.05, 3.63) is 54.0 Å². The first-order valence-electron chi connectivity index (χ1n) is 10.0. The Morgan fingerprint density at radius 3 is 2.60 bits per heavy atom. The highest BCUT2D eigenvalue weighted by Gasteiger charge is 2.49. The van der Waals surface area contributed by atoms with Crippen molar-refractivity contribution in [2.24, 2.45) is 5.41 Å². The van der Waals surface area contributed by atoms with Gasteiger partial charge in [-0.2, -0.15) is 4.39 Å². The molecule has 1 atom stereocenters. The normalized spacial score (nSPS) is 21.3. The molecule has 2 saturated heterocycles. The number of pyridine rings is 1. The fourth-order valence-corrected chi connectivity index (χ4v) is 4.50. The van der Waals surface area contributed by atoms with Gasteiger partial charge in [0.15, 0.2) is 11.6 Å². The molecule has 3 aromatic heterocycles. The topological polar surface area (TPSA) is 80.2 Å². The zero-order valence-electron chi connectivity index (χ0n) is 16.5. The molecule has 0 aliphatic carbocycles. The Labute approximate surface area is 172 Å². The van der Waals surface area contributed by atoms with Crippen molar-refractivity contribution in [1.82, 2.24) is 24.9 Å². The summed E-state index contributed by atoms with van der Waals surface area (Å²) in [6.07, 6.45) is 5.17. The zero-order valence-corrected chi connectivity index (χ0v) is 16.5. The van der Waals surface area contributed by atoms with Gasteiger partial charge in [-0.3, -0.25) is 0 Å². The van der Waals surface area contributed by atoms with Crippen molar-refractivity contribution in [2.75, 3.05) is 36.1 Å². The van der Waals surface area contributed by atoms with Crippen molar-refractivity contribution >= 4 is 11.5 Å². The molecule has 3 aliphatic rings. The van der Waals surface area contributed by atoms with Gasteiger partial charge in [0, 0.05) is 55.1 Å². The van der Waals surface area contributed by atoms with Crippen molar-refractivity contribution in [3.8, 4) is 11.6 Å². The molecule has 3 aromatic rings. The van der Waals surface area contributed by atoms with Gasteiger partial charge < -0.3 is 14.5 Å². The van der Waals surface area contributed by atoms with Crippen LogP contribution >= 0.6 is 0 Å². The predicted octanol–water partition coefficient (Wildman–Crippen LogP) is 2.39. The van der Waals surface area contributed by atoms with E-state index in [2.05, 4.69) is 41.6 Å². The standard InChI is InChI=1S/C21H20FN7O/c1-13-15-7-25-20(19-23-3-2-4-24-19)26-16(15)8-29(13)14-5-17(22)27-18(6-14)28-9-21(10-28)11-30-12-21/h2-7,13H,8-12H2,1H3. The number of nitrogens with zero attached hydrogens (tertiary/aromatic N) is 7. The monoisotopic (exact) mass is 405 g/mol. The first-order chi connectivity index (χ1) is 14.6. The summed E-state index contributed by atoms with van der Waals surface area (Å²) in [4.78, 5) is 26.0. The molecular formula is C21H20FN7O. The molecule has 6 heterocycles. The van der Waals surface area contributed by atoms with E-state index >= 15 is 0 Å². The maximum absolute atomic E-state index is 14.4. The summed E-state index contributed by atoms with van der Waals surface area (Å²) in [5.41, 5.74) is 2.99. The second kappa shape index (κ2) is 6.40. The Morgan fingerprint density at radius 1 is 1.07 bits per heavy atom. The van der Waals surface area contributed by atoms with Gasteiger partial charge in [-0.15, -0.1) is 0 Å². The molecule has 0 bridgehead atoms. The Kier molecular flexibility index (Phi) is 3.76. The Balaban J connectivity index is 1.28. The first-order valence-corrected chi connectivity index (χ1v) is 10.0. The molecule has 8 nitrogen and oxygen atoms in total. The smallest absolute Gasteiger partial charge is 0.216 e. The molecule has 1 spiro atoms. The Hall–Kier alpha value is -3.20. The van der Waals surface area contributed by atoms with Gasteiger partial charge in [-0.1, -0.05) is 0 Å². The Bertz CT molecular complexity index is 1110. The van der Waals surface area contributed by atoms with Gasteiger partial charge >= 0.3 is 0 Å². The molecule has 1 unspecified atom stereocenters. The number of hydrogen-bond donors (Lipinski definition) is 0. The lowest BCUT2D eigenvalue weighted by Crippen LogP contribution is -2.66. The molecule has 2 fully saturated rings. The third kappa shape index (κ3) is 2.72. The van der Waals surface area contributed by atoms with E-state index in [4.69, 9.17) is 4.74 Å². The minimum atomic E-state index is -0.471. The van der Waals surface area contributed by atoms with E-state index in [1.807, 2.05) is 12.3 Å².